The van der Waals surface area contributed by atoms with Crippen LogP contribution in [-0.4, -0.2) is 0 Å². The molecule has 0 spiro atoms. The van der Waals surface area contributed by atoms with E-state index in [1.165, 1.54) is 44.9 Å². The molecule has 0 bridgehead atoms. The average Bonchev–Trinajstić information content (AvgIpc) is 2.83. The van der Waals surface area contributed by atoms with Crippen LogP contribution in [0, 0.1) is 6.92 Å². The Hall–Kier alpha value is -0.780. The van der Waals surface area contributed by atoms with Crippen molar-refractivity contribution in [2.24, 2.45) is 0 Å². The summed E-state index contributed by atoms with van der Waals surface area (Å²) >= 11 is 0. The number of benzene rings is 1. The van der Waals surface area contributed by atoms with Gasteiger partial charge in [-0.15, -0.1) is 0 Å². The Morgan fingerprint density at radius 2 is 1.81 bits per heavy atom. The van der Waals surface area contributed by atoms with E-state index in [2.05, 4.69) is 31.2 Å². The molecule has 0 N–H and O–H groups in total. The van der Waals surface area contributed by atoms with Gasteiger partial charge in [0.1, 0.15) is 0 Å². The van der Waals surface area contributed by atoms with E-state index in [1.54, 1.807) is 11.1 Å². The topological polar surface area (TPSA) is 0 Å². The number of unbranched alkanes of at least 4 members (excludes halogenated alkanes) is 2. The van der Waals surface area contributed by atoms with Gasteiger partial charge in [-0.2, -0.15) is 0 Å². The van der Waals surface area contributed by atoms with Gasteiger partial charge in [0.15, 0.2) is 0 Å². The Morgan fingerprint density at radius 1 is 1.06 bits per heavy atom. The Morgan fingerprint density at radius 3 is 2.56 bits per heavy atom. The number of aryl methyl sites for hydroxylation is 1. The van der Waals surface area contributed by atoms with Crippen molar-refractivity contribution in [3.63, 3.8) is 0 Å². The summed E-state index contributed by atoms with van der Waals surface area (Å²) in [6.45, 7) is 3.92. The van der Waals surface area contributed by atoms with E-state index in [-0.39, 0.29) is 0 Å². The van der Waals surface area contributed by atoms with E-state index < -0.39 is 0 Å². The molecule has 0 saturated heterocycles. The van der Waals surface area contributed by atoms with Crippen LogP contribution < -0.4 is 0 Å². The molecule has 0 heterocycles. The van der Waals surface area contributed by atoms with Gasteiger partial charge in [0.25, 0.3) is 0 Å². The minimum absolute atomic E-state index is 0.857. The maximum absolute atomic E-state index is 3.92. The summed E-state index contributed by atoms with van der Waals surface area (Å²) in [6.07, 6.45) is 10.6. The first kappa shape index (κ1) is 11.7. The van der Waals surface area contributed by atoms with E-state index in [1.807, 2.05) is 0 Å². The van der Waals surface area contributed by atoms with Gasteiger partial charge in [0.2, 0.25) is 0 Å². The molecule has 16 heavy (non-hydrogen) atoms. The van der Waals surface area contributed by atoms with Crippen molar-refractivity contribution in [3.05, 3.63) is 42.3 Å². The largest absolute Gasteiger partial charge is 0.0620 e. The maximum Gasteiger partial charge on any atom is -0.0159 e. The van der Waals surface area contributed by atoms with Crippen molar-refractivity contribution in [3.8, 4) is 0 Å². The molecule has 1 aliphatic rings. The summed E-state index contributed by atoms with van der Waals surface area (Å²) in [7, 11) is 0. The highest BCUT2D eigenvalue weighted by molar-refractivity contribution is 5.31. The molecule has 0 unspecified atom stereocenters. The molecule has 0 heteroatoms. The summed E-state index contributed by atoms with van der Waals surface area (Å²) < 4.78 is 0. The van der Waals surface area contributed by atoms with Crippen LogP contribution in [0.4, 0.5) is 0 Å². The van der Waals surface area contributed by atoms with Gasteiger partial charge in [0.05, 0.1) is 0 Å². The highest BCUT2D eigenvalue weighted by Crippen LogP contribution is 2.36. The average molecular weight is 215 g/mol. The molecule has 0 aliphatic heterocycles. The van der Waals surface area contributed by atoms with Gasteiger partial charge in [-0.3, -0.25) is 0 Å². The van der Waals surface area contributed by atoms with Crippen molar-refractivity contribution < 1.29 is 0 Å². The lowest BCUT2D eigenvalue weighted by atomic mass is 9.90. The molecular formula is C16H23. The van der Waals surface area contributed by atoms with Gasteiger partial charge in [-0.05, 0) is 42.7 Å². The van der Waals surface area contributed by atoms with Gasteiger partial charge >= 0.3 is 0 Å². The fourth-order valence-corrected chi connectivity index (χ4v) is 2.89. The fourth-order valence-electron chi connectivity index (χ4n) is 2.89. The molecule has 1 aliphatic carbocycles. The van der Waals surface area contributed by atoms with E-state index in [0.29, 0.717) is 0 Å². The van der Waals surface area contributed by atoms with Crippen molar-refractivity contribution in [2.45, 2.75) is 57.3 Å². The molecule has 1 fully saturated rings. The van der Waals surface area contributed by atoms with Crippen LogP contribution in [0.3, 0.4) is 0 Å². The van der Waals surface area contributed by atoms with Crippen molar-refractivity contribution >= 4 is 0 Å². The molecule has 1 radical (unpaired) electrons. The second kappa shape index (κ2) is 6.08. The summed E-state index contributed by atoms with van der Waals surface area (Å²) in [5.41, 5.74) is 3.24. The summed E-state index contributed by atoms with van der Waals surface area (Å²) in [5.74, 6) is 0.857. The van der Waals surface area contributed by atoms with E-state index in [0.717, 1.165) is 12.3 Å². The zero-order valence-electron chi connectivity index (χ0n) is 10.3. The lowest BCUT2D eigenvalue weighted by Crippen LogP contribution is -1.99. The Labute approximate surface area is 100 Å². The second-order valence-corrected chi connectivity index (χ2v) is 4.99. The summed E-state index contributed by atoms with van der Waals surface area (Å²) in [5, 5.41) is 0. The minimum Gasteiger partial charge on any atom is -0.0620 e. The summed E-state index contributed by atoms with van der Waals surface area (Å²) in [6, 6.07) is 9.09. The Kier molecular flexibility index (Phi) is 4.44. The molecule has 0 amide bonds. The number of hydrogen-bond donors (Lipinski definition) is 0. The molecule has 87 valence electrons. The summed E-state index contributed by atoms with van der Waals surface area (Å²) in [4.78, 5) is 0. The van der Waals surface area contributed by atoms with Crippen LogP contribution in [0.15, 0.2) is 24.3 Å². The van der Waals surface area contributed by atoms with E-state index in [9.17, 15) is 0 Å². The first-order chi connectivity index (χ1) is 7.92. The SMILES string of the molecule is [CH2]CCCCc1ccccc1C1CCCC1. The van der Waals surface area contributed by atoms with Crippen LogP contribution in [0.1, 0.15) is 62.0 Å². The Bertz CT molecular complexity index is 308. The third kappa shape index (κ3) is 2.87. The predicted octanol–water partition coefficient (Wildman–Crippen LogP) is 4.89. The van der Waals surface area contributed by atoms with Gasteiger partial charge < -0.3 is 0 Å². The van der Waals surface area contributed by atoms with Crippen molar-refractivity contribution in [2.75, 3.05) is 0 Å². The lowest BCUT2D eigenvalue weighted by Gasteiger charge is -2.15. The smallest absolute Gasteiger partial charge is 0.0159 e. The highest BCUT2D eigenvalue weighted by atomic mass is 14.2. The molecule has 0 atom stereocenters. The van der Waals surface area contributed by atoms with Gasteiger partial charge in [0, 0.05) is 0 Å². The highest BCUT2D eigenvalue weighted by Gasteiger charge is 2.18. The lowest BCUT2D eigenvalue weighted by molar-refractivity contribution is 0.691. The molecule has 2 rings (SSSR count). The fraction of sp³-hybridized carbons (Fsp3) is 0.562. The van der Waals surface area contributed by atoms with Crippen molar-refractivity contribution in [1.29, 1.82) is 0 Å². The van der Waals surface area contributed by atoms with Crippen molar-refractivity contribution in [1.82, 2.24) is 0 Å². The van der Waals surface area contributed by atoms with E-state index >= 15 is 0 Å². The van der Waals surface area contributed by atoms with Gasteiger partial charge in [-0.25, -0.2) is 0 Å². The molecule has 1 aromatic rings. The third-order valence-electron chi connectivity index (χ3n) is 3.80. The first-order valence-electron chi connectivity index (χ1n) is 6.79. The normalized spacial score (nSPS) is 16.8. The van der Waals surface area contributed by atoms with Crippen LogP contribution >= 0.6 is 0 Å². The zero-order chi connectivity index (χ0) is 11.2. The minimum atomic E-state index is 0.857. The predicted molar refractivity (Wildman–Crippen MR) is 70.6 cm³/mol. The monoisotopic (exact) mass is 215 g/mol. The van der Waals surface area contributed by atoms with Crippen LogP contribution in [0.25, 0.3) is 0 Å². The molecule has 0 nitrogen and oxygen atoms in total. The van der Waals surface area contributed by atoms with Crippen LogP contribution in [0.5, 0.6) is 0 Å². The first-order valence-corrected chi connectivity index (χ1v) is 6.79. The molecule has 0 aromatic heterocycles. The Balaban J connectivity index is 2.04. The molecular weight excluding hydrogens is 192 g/mol. The standard InChI is InChI=1S/C16H23/c1-2-3-4-9-14-12-7-8-13-16(14)15-10-5-6-11-15/h7-8,12-13,15H,1-6,9-11H2. The van der Waals surface area contributed by atoms with Crippen LogP contribution in [-0.2, 0) is 6.42 Å². The van der Waals surface area contributed by atoms with Gasteiger partial charge in [-0.1, -0.05) is 56.9 Å². The number of rotatable bonds is 5. The molecule has 1 aromatic carbocycles. The maximum atomic E-state index is 3.92. The van der Waals surface area contributed by atoms with E-state index in [4.69, 9.17) is 0 Å². The quantitative estimate of drug-likeness (QED) is 0.613. The third-order valence-corrected chi connectivity index (χ3v) is 3.80. The number of hydrogen-bond acceptors (Lipinski definition) is 0. The zero-order valence-corrected chi connectivity index (χ0v) is 10.3. The second-order valence-electron chi connectivity index (χ2n) is 4.99. The molecule has 1 saturated carbocycles. The van der Waals surface area contributed by atoms with Crippen LogP contribution in [0.2, 0.25) is 0 Å².